The summed E-state index contributed by atoms with van der Waals surface area (Å²) in [6, 6.07) is 0. The van der Waals surface area contributed by atoms with E-state index in [4.69, 9.17) is 15.4 Å². The molecule has 0 spiro atoms. The number of hydrogen-bond acceptors (Lipinski definition) is 6. The number of hydrogen-bond donors (Lipinski definition) is 1. The lowest BCUT2D eigenvalue weighted by Crippen LogP contribution is -2.28. The zero-order valence-electron chi connectivity index (χ0n) is 9.84. The molecule has 1 aliphatic rings. The van der Waals surface area contributed by atoms with Crippen molar-refractivity contribution in [2.45, 2.75) is 6.42 Å². The molecule has 0 aromatic carbocycles. The number of halogens is 1. The maximum atomic E-state index is 11.3. The number of rotatable bonds is 5. The molecule has 1 rings (SSSR count). The molecular formula is C9H13ClN2O5S. The molecule has 7 nitrogen and oxygen atoms in total. The van der Waals surface area contributed by atoms with Gasteiger partial charge in [-0.25, -0.2) is 4.79 Å². The van der Waals surface area contributed by atoms with Crippen LogP contribution in [0.4, 0.5) is 0 Å². The third-order valence-electron chi connectivity index (χ3n) is 2.12. The first kappa shape index (κ1) is 14.7. The van der Waals surface area contributed by atoms with Gasteiger partial charge >= 0.3 is 15.2 Å². The van der Waals surface area contributed by atoms with E-state index in [9.17, 15) is 13.2 Å². The van der Waals surface area contributed by atoms with Gasteiger partial charge in [0.25, 0.3) is 0 Å². The molecule has 0 saturated heterocycles. The van der Waals surface area contributed by atoms with Gasteiger partial charge in [0.15, 0.2) is 0 Å². The average molecular weight is 297 g/mol. The van der Waals surface area contributed by atoms with E-state index < -0.39 is 15.2 Å². The smallest absolute Gasteiger partial charge is 0.374 e. The summed E-state index contributed by atoms with van der Waals surface area (Å²) >= 11 is 0. The Morgan fingerprint density at radius 3 is 2.67 bits per heavy atom. The van der Waals surface area contributed by atoms with Gasteiger partial charge in [-0.2, -0.15) is 8.42 Å². The topological polar surface area (TPSA) is 84.9 Å². The van der Waals surface area contributed by atoms with Crippen LogP contribution in [0, 0.1) is 0 Å². The number of ether oxygens (including phenoxy) is 2. The van der Waals surface area contributed by atoms with Crippen molar-refractivity contribution in [3.63, 3.8) is 0 Å². The molecule has 0 aromatic rings. The zero-order chi connectivity index (χ0) is 13.8. The van der Waals surface area contributed by atoms with Gasteiger partial charge in [0.2, 0.25) is 5.76 Å². The first-order valence-electron chi connectivity index (χ1n) is 4.90. The molecule has 102 valence electrons. The standard InChI is InChI=1S/C9H13ClN2O5S/c1-16-7(9(13)17-2)6-12-5-3-4-8(12)11-18(10,14)15/h4,6,11H,3,5H2,1-2H3. The Labute approximate surface area is 110 Å². The second-order valence-electron chi connectivity index (χ2n) is 3.30. The Morgan fingerprint density at radius 1 is 1.50 bits per heavy atom. The van der Waals surface area contributed by atoms with Gasteiger partial charge in [-0.15, -0.1) is 0 Å². The Bertz CT molecular complexity index is 485. The van der Waals surface area contributed by atoms with Crippen molar-refractivity contribution in [3.8, 4) is 0 Å². The zero-order valence-corrected chi connectivity index (χ0v) is 11.4. The van der Waals surface area contributed by atoms with Crippen molar-refractivity contribution >= 4 is 25.9 Å². The van der Waals surface area contributed by atoms with E-state index in [1.807, 2.05) is 0 Å². The van der Waals surface area contributed by atoms with Gasteiger partial charge < -0.3 is 14.4 Å². The van der Waals surface area contributed by atoms with Crippen molar-refractivity contribution in [3.05, 3.63) is 23.9 Å². The molecule has 0 radical (unpaired) electrons. The van der Waals surface area contributed by atoms with Crippen molar-refractivity contribution in [1.29, 1.82) is 0 Å². The fraction of sp³-hybridized carbons (Fsp3) is 0.444. The van der Waals surface area contributed by atoms with Crippen molar-refractivity contribution in [1.82, 2.24) is 9.62 Å². The van der Waals surface area contributed by atoms with Gasteiger partial charge in [0, 0.05) is 17.2 Å². The highest BCUT2D eigenvalue weighted by Gasteiger charge is 2.20. The van der Waals surface area contributed by atoms with Crippen LogP contribution in [0.2, 0.25) is 0 Å². The molecule has 1 heterocycles. The lowest BCUT2D eigenvalue weighted by molar-refractivity contribution is -0.139. The fourth-order valence-corrected chi connectivity index (χ4v) is 2.06. The number of carbonyl (C=O) groups is 1. The van der Waals surface area contributed by atoms with E-state index in [1.54, 1.807) is 6.08 Å². The van der Waals surface area contributed by atoms with Gasteiger partial charge in [0.05, 0.1) is 20.4 Å². The minimum Gasteiger partial charge on any atom is -0.489 e. The minimum absolute atomic E-state index is 0.0425. The van der Waals surface area contributed by atoms with Crippen LogP contribution in [0.5, 0.6) is 0 Å². The highest BCUT2D eigenvalue weighted by Crippen LogP contribution is 2.16. The van der Waals surface area contributed by atoms with Crippen LogP contribution >= 0.6 is 10.7 Å². The van der Waals surface area contributed by atoms with Crippen LogP contribution in [0.3, 0.4) is 0 Å². The van der Waals surface area contributed by atoms with Crippen LogP contribution in [-0.4, -0.2) is 40.1 Å². The summed E-state index contributed by atoms with van der Waals surface area (Å²) < 4.78 is 33.3. The minimum atomic E-state index is -3.88. The summed E-state index contributed by atoms with van der Waals surface area (Å²) in [6.45, 7) is 0.499. The van der Waals surface area contributed by atoms with Crippen molar-refractivity contribution < 1.29 is 22.7 Å². The van der Waals surface area contributed by atoms with Crippen LogP contribution in [0.15, 0.2) is 23.9 Å². The van der Waals surface area contributed by atoms with Crippen LogP contribution in [-0.2, 0) is 23.5 Å². The molecule has 0 aromatic heterocycles. The number of nitrogens with one attached hydrogen (secondary N) is 1. The number of nitrogens with zero attached hydrogens (tertiary/aromatic N) is 1. The number of methoxy groups -OCH3 is 2. The molecule has 0 saturated carbocycles. The molecule has 0 unspecified atom stereocenters. The van der Waals surface area contributed by atoms with E-state index >= 15 is 0 Å². The fourth-order valence-electron chi connectivity index (χ4n) is 1.37. The van der Waals surface area contributed by atoms with E-state index in [0.29, 0.717) is 13.0 Å². The summed E-state index contributed by atoms with van der Waals surface area (Å²) in [5, 5.41) is 0. The molecule has 9 heteroatoms. The second kappa shape index (κ2) is 5.96. The van der Waals surface area contributed by atoms with E-state index in [2.05, 4.69) is 9.46 Å². The van der Waals surface area contributed by atoms with E-state index in [1.165, 1.54) is 25.3 Å². The van der Waals surface area contributed by atoms with Gasteiger partial charge in [-0.05, 0) is 12.5 Å². The number of carbonyl (C=O) groups excluding carboxylic acids is 1. The highest BCUT2D eigenvalue weighted by atomic mass is 35.7. The summed E-state index contributed by atoms with van der Waals surface area (Å²) in [5.74, 6) is -0.431. The Kier molecular flexibility index (Phi) is 4.85. The van der Waals surface area contributed by atoms with E-state index in [0.717, 1.165) is 0 Å². The third-order valence-corrected chi connectivity index (χ3v) is 2.81. The quantitative estimate of drug-likeness (QED) is 0.339. The first-order chi connectivity index (χ1) is 8.37. The molecule has 1 aliphatic heterocycles. The largest absolute Gasteiger partial charge is 0.489 e. The molecule has 0 bridgehead atoms. The Morgan fingerprint density at radius 2 is 2.17 bits per heavy atom. The normalized spacial score (nSPS) is 16.3. The van der Waals surface area contributed by atoms with Crippen molar-refractivity contribution in [2.75, 3.05) is 20.8 Å². The van der Waals surface area contributed by atoms with Gasteiger partial charge in [-0.1, -0.05) is 0 Å². The van der Waals surface area contributed by atoms with E-state index in [-0.39, 0.29) is 11.6 Å². The summed E-state index contributed by atoms with van der Waals surface area (Å²) in [6.07, 6.45) is 3.60. The van der Waals surface area contributed by atoms with Crippen molar-refractivity contribution in [2.24, 2.45) is 0 Å². The van der Waals surface area contributed by atoms with Crippen LogP contribution in [0.1, 0.15) is 6.42 Å². The second-order valence-corrected chi connectivity index (χ2v) is 5.60. The molecule has 0 atom stereocenters. The lowest BCUT2D eigenvalue weighted by Gasteiger charge is -2.18. The van der Waals surface area contributed by atoms with Gasteiger partial charge in [0.1, 0.15) is 5.82 Å². The Hall–Kier alpha value is -1.41. The first-order valence-corrected chi connectivity index (χ1v) is 7.21. The predicted octanol–water partition coefficient (Wildman–Crippen LogP) is 0.267. The third kappa shape index (κ3) is 4.11. The van der Waals surface area contributed by atoms with Gasteiger partial charge in [-0.3, -0.25) is 4.72 Å². The maximum Gasteiger partial charge on any atom is 0.374 e. The molecule has 0 amide bonds. The summed E-state index contributed by atoms with van der Waals surface area (Å²) in [7, 11) is 3.74. The Balaban J connectivity index is 2.86. The molecular weight excluding hydrogens is 284 g/mol. The molecule has 0 aliphatic carbocycles. The summed E-state index contributed by atoms with van der Waals surface area (Å²) in [4.78, 5) is 12.8. The lowest BCUT2D eigenvalue weighted by atomic mass is 10.4. The van der Waals surface area contributed by atoms with Crippen LogP contribution in [0.25, 0.3) is 0 Å². The average Bonchev–Trinajstić information content (AvgIpc) is 2.69. The number of esters is 1. The maximum absolute atomic E-state index is 11.3. The molecule has 1 N–H and O–H groups in total. The predicted molar refractivity (Wildman–Crippen MR) is 64.4 cm³/mol. The summed E-state index contributed by atoms with van der Waals surface area (Å²) in [5.41, 5.74) is 0. The highest BCUT2D eigenvalue weighted by molar-refractivity contribution is 8.12. The molecule has 0 fully saturated rings. The monoisotopic (exact) mass is 296 g/mol. The molecule has 18 heavy (non-hydrogen) atoms. The van der Waals surface area contributed by atoms with Crippen LogP contribution < -0.4 is 4.72 Å². The SMILES string of the molecule is COC(=O)C(=CN1CCC=C1NS(=O)(=O)Cl)OC.